The largest absolute Gasteiger partial charge is 0.510 e. The molecule has 0 aromatic rings. The number of allylic oxidation sites excluding steroid dienone is 1. The van der Waals surface area contributed by atoms with E-state index in [4.69, 9.17) is 14.7 Å². The third-order valence-corrected chi connectivity index (χ3v) is 3.96. The zero-order valence-electron chi connectivity index (χ0n) is 17.6. The van der Waals surface area contributed by atoms with Crippen LogP contribution < -0.4 is 0 Å². The van der Waals surface area contributed by atoms with E-state index in [9.17, 15) is 19.3 Å². The van der Waals surface area contributed by atoms with E-state index in [0.29, 0.717) is 5.92 Å². The van der Waals surface area contributed by atoms with Gasteiger partial charge in [0.05, 0.1) is 13.2 Å². The van der Waals surface area contributed by atoms with Crippen molar-refractivity contribution in [2.45, 2.75) is 66.4 Å². The number of hydrogen-bond donors (Lipinski definition) is 1. The van der Waals surface area contributed by atoms with E-state index in [1.807, 2.05) is 0 Å². The van der Waals surface area contributed by atoms with Crippen LogP contribution in [-0.4, -0.2) is 47.9 Å². The molecule has 0 spiro atoms. The highest BCUT2D eigenvalue weighted by Crippen LogP contribution is 2.25. The molecule has 0 heterocycles. The third-order valence-electron chi connectivity index (χ3n) is 3.96. The second-order valence-electron chi connectivity index (χ2n) is 6.45. The second-order valence-corrected chi connectivity index (χ2v) is 6.45. The number of nitroso groups, excluding NO2 is 1. The number of rotatable bonds is 8. The van der Waals surface area contributed by atoms with E-state index in [0.717, 1.165) is 25.7 Å². The van der Waals surface area contributed by atoms with Gasteiger partial charge in [-0.3, -0.25) is 4.79 Å². The SMILES string of the molecule is CCOC(=O)C(=NOC1CCC(C)CC1)C(C)=O.CCOC(=O)C(N=O)=C(C)O. The van der Waals surface area contributed by atoms with Crippen LogP contribution in [-0.2, 0) is 28.7 Å². The minimum Gasteiger partial charge on any atom is -0.510 e. The van der Waals surface area contributed by atoms with Crippen LogP contribution in [0.5, 0.6) is 0 Å². The van der Waals surface area contributed by atoms with Gasteiger partial charge in [-0.1, -0.05) is 12.1 Å². The lowest BCUT2D eigenvalue weighted by Gasteiger charge is -2.24. The van der Waals surface area contributed by atoms with Crippen LogP contribution in [0.2, 0.25) is 0 Å². The fourth-order valence-electron chi connectivity index (χ4n) is 2.36. The number of nitrogens with zero attached hydrogens (tertiary/aromatic N) is 2. The molecule has 0 aliphatic heterocycles. The molecule has 164 valence electrons. The van der Waals surface area contributed by atoms with Crippen molar-refractivity contribution in [2.24, 2.45) is 16.3 Å². The number of oxime groups is 1. The molecule has 1 N–H and O–H groups in total. The summed E-state index contributed by atoms with van der Waals surface area (Å²) >= 11 is 0. The first-order chi connectivity index (χ1) is 13.7. The molecule has 0 bridgehead atoms. The molecule has 0 aromatic carbocycles. The summed E-state index contributed by atoms with van der Waals surface area (Å²) in [6, 6.07) is 0. The maximum atomic E-state index is 11.5. The molecule has 10 nitrogen and oxygen atoms in total. The van der Waals surface area contributed by atoms with Gasteiger partial charge in [0.2, 0.25) is 11.4 Å². The number of ketones is 1. The highest BCUT2D eigenvalue weighted by Gasteiger charge is 2.23. The molecule has 0 amide bonds. The summed E-state index contributed by atoms with van der Waals surface area (Å²) < 4.78 is 9.16. The predicted molar refractivity (Wildman–Crippen MR) is 105 cm³/mol. The normalized spacial score (nSPS) is 19.7. The molecule has 0 radical (unpaired) electrons. The number of aliphatic hydroxyl groups excluding tert-OH is 1. The number of carbonyl (C=O) groups excluding carboxylic acids is 3. The van der Waals surface area contributed by atoms with Crippen LogP contribution in [0.3, 0.4) is 0 Å². The predicted octanol–water partition coefficient (Wildman–Crippen LogP) is 3.20. The molecule has 0 saturated heterocycles. The van der Waals surface area contributed by atoms with Crippen molar-refractivity contribution in [1.82, 2.24) is 0 Å². The highest BCUT2D eigenvalue weighted by atomic mass is 16.6. The number of ether oxygens (including phenoxy) is 2. The van der Waals surface area contributed by atoms with Crippen LogP contribution in [0, 0.1) is 10.8 Å². The minimum absolute atomic E-state index is 0.00461. The average molecular weight is 414 g/mol. The van der Waals surface area contributed by atoms with E-state index in [1.165, 1.54) is 13.8 Å². The summed E-state index contributed by atoms with van der Waals surface area (Å²) in [5.41, 5.74) is -0.831. The minimum atomic E-state index is -0.900. The Morgan fingerprint density at radius 3 is 1.90 bits per heavy atom. The van der Waals surface area contributed by atoms with Crippen molar-refractivity contribution in [2.75, 3.05) is 13.2 Å². The van der Waals surface area contributed by atoms with Crippen LogP contribution in [0.1, 0.15) is 60.3 Å². The van der Waals surface area contributed by atoms with E-state index < -0.39 is 29.2 Å². The Bertz CT molecular complexity index is 630. The summed E-state index contributed by atoms with van der Waals surface area (Å²) in [6.45, 7) is 8.30. The highest BCUT2D eigenvalue weighted by molar-refractivity contribution is 6.63. The van der Waals surface area contributed by atoms with Crippen molar-refractivity contribution >= 4 is 23.4 Å². The van der Waals surface area contributed by atoms with Gasteiger partial charge < -0.3 is 19.4 Å². The summed E-state index contributed by atoms with van der Waals surface area (Å²) in [5, 5.41) is 14.7. The zero-order chi connectivity index (χ0) is 22.4. The Morgan fingerprint density at radius 2 is 1.48 bits per heavy atom. The molecule has 29 heavy (non-hydrogen) atoms. The van der Waals surface area contributed by atoms with Gasteiger partial charge in [-0.15, -0.1) is 4.91 Å². The number of hydrogen-bond acceptors (Lipinski definition) is 10. The third kappa shape index (κ3) is 10.4. The Balaban J connectivity index is 0.000000614. The molecule has 1 aliphatic rings. The van der Waals surface area contributed by atoms with Crippen LogP contribution in [0.25, 0.3) is 0 Å². The molecular formula is C19H30N2O8. The van der Waals surface area contributed by atoms with Crippen LogP contribution >= 0.6 is 0 Å². The Morgan fingerprint density at radius 1 is 0.966 bits per heavy atom. The lowest BCUT2D eigenvalue weighted by atomic mass is 9.89. The van der Waals surface area contributed by atoms with Crippen molar-refractivity contribution in [3.63, 3.8) is 0 Å². The van der Waals surface area contributed by atoms with Gasteiger partial charge in [0.1, 0.15) is 11.9 Å². The van der Waals surface area contributed by atoms with Crippen LogP contribution in [0.15, 0.2) is 21.8 Å². The molecule has 1 aliphatic carbocycles. The lowest BCUT2D eigenvalue weighted by molar-refractivity contribution is -0.139. The first kappa shape index (κ1) is 26.2. The topological polar surface area (TPSA) is 141 Å². The van der Waals surface area contributed by atoms with Crippen molar-refractivity contribution in [3.8, 4) is 0 Å². The smallest absolute Gasteiger partial charge is 0.364 e. The van der Waals surface area contributed by atoms with E-state index in [-0.39, 0.29) is 25.0 Å². The molecule has 10 heteroatoms. The molecule has 1 saturated carbocycles. The Labute approximate surface area is 170 Å². The quantitative estimate of drug-likeness (QED) is 0.121. The van der Waals surface area contributed by atoms with Gasteiger partial charge >= 0.3 is 11.9 Å². The van der Waals surface area contributed by atoms with E-state index in [2.05, 4.69) is 22.0 Å². The maximum Gasteiger partial charge on any atom is 0.364 e. The zero-order valence-corrected chi connectivity index (χ0v) is 17.6. The fourth-order valence-corrected chi connectivity index (χ4v) is 2.36. The van der Waals surface area contributed by atoms with Gasteiger partial charge in [-0.05, 0) is 57.5 Å². The number of aliphatic hydroxyl groups is 1. The van der Waals surface area contributed by atoms with Crippen LogP contribution in [0.4, 0.5) is 0 Å². The van der Waals surface area contributed by atoms with Gasteiger partial charge in [-0.2, -0.15) is 0 Å². The number of Topliss-reactive ketones (excluding diaryl/α,β-unsaturated/α-hetero) is 1. The van der Waals surface area contributed by atoms with Crippen molar-refractivity contribution in [3.05, 3.63) is 16.4 Å². The van der Waals surface area contributed by atoms with Gasteiger partial charge in [0.15, 0.2) is 5.78 Å². The van der Waals surface area contributed by atoms with E-state index in [1.54, 1.807) is 13.8 Å². The Kier molecular flexibility index (Phi) is 12.9. The summed E-state index contributed by atoms with van der Waals surface area (Å²) in [4.78, 5) is 48.6. The van der Waals surface area contributed by atoms with Gasteiger partial charge in [0.25, 0.3) is 0 Å². The Hall–Kier alpha value is -2.78. The average Bonchev–Trinajstić information content (AvgIpc) is 2.64. The first-order valence-corrected chi connectivity index (χ1v) is 9.49. The lowest BCUT2D eigenvalue weighted by Crippen LogP contribution is -2.26. The molecule has 0 unspecified atom stereocenters. The molecular weight excluding hydrogens is 384 g/mol. The summed E-state index contributed by atoms with van der Waals surface area (Å²) in [5.74, 6) is -1.76. The first-order valence-electron chi connectivity index (χ1n) is 9.49. The second kappa shape index (κ2) is 14.3. The van der Waals surface area contributed by atoms with Gasteiger partial charge in [0, 0.05) is 6.92 Å². The van der Waals surface area contributed by atoms with Crippen molar-refractivity contribution < 1.29 is 33.8 Å². The number of carbonyl (C=O) groups is 3. The monoisotopic (exact) mass is 414 g/mol. The number of esters is 2. The van der Waals surface area contributed by atoms with Crippen molar-refractivity contribution in [1.29, 1.82) is 0 Å². The molecule has 1 rings (SSSR count). The summed E-state index contributed by atoms with van der Waals surface area (Å²) in [7, 11) is 0. The standard InChI is InChI=1S/C13H21NO4.C6H9NO4/c1-4-17-13(16)12(10(3)15)14-18-11-7-5-9(2)6-8-11;1-3-11-6(9)5(7-10)4(2)8/h9,11H,4-8H2,1-3H3;8H,3H2,1-2H3. The fraction of sp³-hybridized carbons (Fsp3) is 0.684. The maximum absolute atomic E-state index is 11.5. The molecule has 1 fully saturated rings. The molecule has 0 aromatic heterocycles. The molecule has 0 atom stereocenters. The summed E-state index contributed by atoms with van der Waals surface area (Å²) in [6.07, 6.45) is 4.02. The van der Waals surface area contributed by atoms with E-state index >= 15 is 0 Å². The van der Waals surface area contributed by atoms with Gasteiger partial charge in [-0.25, -0.2) is 9.59 Å².